The van der Waals surface area contributed by atoms with Crippen LogP contribution in [-0.4, -0.2) is 38.2 Å². The largest absolute Gasteiger partial charge is 0.497 e. The molecule has 0 heterocycles. The highest BCUT2D eigenvalue weighted by molar-refractivity contribution is 6.42. The van der Waals surface area contributed by atoms with Crippen molar-refractivity contribution in [3.05, 3.63) is 52.0 Å². The maximum absolute atomic E-state index is 12.6. The molecule has 1 unspecified atom stereocenters. The van der Waals surface area contributed by atoms with Crippen molar-refractivity contribution in [1.29, 1.82) is 0 Å². The summed E-state index contributed by atoms with van der Waals surface area (Å²) in [5.74, 6) is 1.66. The molecule has 0 aliphatic rings. The fraction of sp³-hybridized carbons (Fsp3) is 0.316. The molecule has 2 rings (SSSR count). The summed E-state index contributed by atoms with van der Waals surface area (Å²) in [5.41, 5.74) is 0.867. The van der Waals surface area contributed by atoms with Crippen LogP contribution in [0.2, 0.25) is 10.0 Å². The van der Waals surface area contributed by atoms with Gasteiger partial charge < -0.3 is 19.1 Å². The number of halogens is 2. The molecule has 1 amide bonds. The Morgan fingerprint density at radius 2 is 1.73 bits per heavy atom. The van der Waals surface area contributed by atoms with Gasteiger partial charge in [0.15, 0.2) is 6.10 Å². The minimum Gasteiger partial charge on any atom is -0.497 e. The first-order chi connectivity index (χ1) is 12.3. The van der Waals surface area contributed by atoms with Gasteiger partial charge in [0.2, 0.25) is 0 Å². The Hall–Kier alpha value is -2.11. The van der Waals surface area contributed by atoms with Crippen molar-refractivity contribution in [1.82, 2.24) is 4.90 Å². The summed E-state index contributed by atoms with van der Waals surface area (Å²) in [6, 6.07) is 10.4. The molecule has 2 aromatic rings. The second-order valence-electron chi connectivity index (χ2n) is 5.71. The maximum Gasteiger partial charge on any atom is 0.263 e. The fourth-order valence-corrected chi connectivity index (χ4v) is 2.72. The molecule has 2 aromatic carbocycles. The van der Waals surface area contributed by atoms with Crippen LogP contribution in [0.5, 0.6) is 17.2 Å². The predicted octanol–water partition coefficient (Wildman–Crippen LogP) is 4.44. The van der Waals surface area contributed by atoms with Gasteiger partial charge in [-0.15, -0.1) is 0 Å². The predicted molar refractivity (Wildman–Crippen MR) is 103 cm³/mol. The van der Waals surface area contributed by atoms with E-state index in [0.717, 1.165) is 5.56 Å². The van der Waals surface area contributed by atoms with Gasteiger partial charge in [-0.3, -0.25) is 4.79 Å². The second kappa shape index (κ2) is 9.01. The molecular formula is C19H21Cl2NO4. The van der Waals surface area contributed by atoms with E-state index in [1.807, 2.05) is 12.1 Å². The van der Waals surface area contributed by atoms with Crippen molar-refractivity contribution >= 4 is 29.1 Å². The third-order valence-corrected chi connectivity index (χ3v) is 4.57. The van der Waals surface area contributed by atoms with Gasteiger partial charge in [0.1, 0.15) is 17.2 Å². The highest BCUT2D eigenvalue weighted by Gasteiger charge is 2.21. The number of amides is 1. The van der Waals surface area contributed by atoms with Crippen LogP contribution < -0.4 is 14.2 Å². The van der Waals surface area contributed by atoms with Crippen LogP contribution in [0.3, 0.4) is 0 Å². The highest BCUT2D eigenvalue weighted by Crippen LogP contribution is 2.28. The first-order valence-corrected chi connectivity index (χ1v) is 8.69. The number of hydrogen-bond donors (Lipinski definition) is 0. The molecular weight excluding hydrogens is 377 g/mol. The Balaban J connectivity index is 2.05. The lowest BCUT2D eigenvalue weighted by Crippen LogP contribution is -2.37. The molecule has 140 valence electrons. The Morgan fingerprint density at radius 1 is 1.04 bits per heavy atom. The lowest BCUT2D eigenvalue weighted by atomic mass is 10.1. The number of likely N-dealkylation sites (N-methyl/N-ethyl adjacent to an activating group) is 1. The first kappa shape index (κ1) is 20.2. The second-order valence-corrected chi connectivity index (χ2v) is 6.52. The molecule has 0 saturated carbocycles. The lowest BCUT2D eigenvalue weighted by molar-refractivity contribution is -0.137. The zero-order valence-electron chi connectivity index (χ0n) is 15.1. The van der Waals surface area contributed by atoms with Gasteiger partial charge in [0.05, 0.1) is 24.3 Å². The molecule has 0 aromatic heterocycles. The van der Waals surface area contributed by atoms with Crippen molar-refractivity contribution in [3.8, 4) is 17.2 Å². The van der Waals surface area contributed by atoms with E-state index in [-0.39, 0.29) is 5.91 Å². The van der Waals surface area contributed by atoms with E-state index in [4.69, 9.17) is 37.4 Å². The van der Waals surface area contributed by atoms with Crippen molar-refractivity contribution in [3.63, 3.8) is 0 Å². The molecule has 0 aliphatic heterocycles. The molecule has 7 heteroatoms. The van der Waals surface area contributed by atoms with Crippen LogP contribution in [-0.2, 0) is 11.3 Å². The molecule has 0 saturated heterocycles. The van der Waals surface area contributed by atoms with Crippen LogP contribution >= 0.6 is 23.2 Å². The van der Waals surface area contributed by atoms with Crippen molar-refractivity contribution in [2.75, 3.05) is 21.3 Å². The summed E-state index contributed by atoms with van der Waals surface area (Å²) in [6.45, 7) is 2.06. The van der Waals surface area contributed by atoms with Crippen molar-refractivity contribution < 1.29 is 19.0 Å². The fourth-order valence-electron chi connectivity index (χ4n) is 2.43. The van der Waals surface area contributed by atoms with Gasteiger partial charge in [-0.05, 0) is 31.2 Å². The van der Waals surface area contributed by atoms with Crippen LogP contribution in [0.15, 0.2) is 36.4 Å². The van der Waals surface area contributed by atoms with E-state index < -0.39 is 6.10 Å². The summed E-state index contributed by atoms with van der Waals surface area (Å²) in [5, 5.41) is 0.807. The average Bonchev–Trinajstić information content (AvgIpc) is 2.64. The summed E-state index contributed by atoms with van der Waals surface area (Å²) >= 11 is 11.9. The Labute approximate surface area is 163 Å². The third kappa shape index (κ3) is 4.96. The monoisotopic (exact) mass is 397 g/mol. The average molecular weight is 398 g/mol. The van der Waals surface area contributed by atoms with Crippen molar-refractivity contribution in [2.24, 2.45) is 0 Å². The minimum atomic E-state index is -0.679. The molecule has 26 heavy (non-hydrogen) atoms. The molecule has 0 bridgehead atoms. The van der Waals surface area contributed by atoms with E-state index in [9.17, 15) is 4.79 Å². The van der Waals surface area contributed by atoms with Crippen LogP contribution in [0.1, 0.15) is 12.5 Å². The molecule has 1 atom stereocenters. The van der Waals surface area contributed by atoms with E-state index in [2.05, 4.69) is 0 Å². The molecule has 0 radical (unpaired) electrons. The highest BCUT2D eigenvalue weighted by atomic mass is 35.5. The number of methoxy groups -OCH3 is 2. The van der Waals surface area contributed by atoms with Gasteiger partial charge in [-0.1, -0.05) is 23.2 Å². The third-order valence-electron chi connectivity index (χ3n) is 3.83. The number of nitrogens with zero attached hydrogens (tertiary/aromatic N) is 1. The van der Waals surface area contributed by atoms with Gasteiger partial charge >= 0.3 is 0 Å². The maximum atomic E-state index is 12.6. The summed E-state index contributed by atoms with van der Waals surface area (Å²) < 4.78 is 16.2. The van der Waals surface area contributed by atoms with E-state index in [1.54, 1.807) is 57.4 Å². The van der Waals surface area contributed by atoms with Crippen molar-refractivity contribution in [2.45, 2.75) is 19.6 Å². The van der Waals surface area contributed by atoms with Crippen LogP contribution in [0.25, 0.3) is 0 Å². The minimum absolute atomic E-state index is 0.172. The SMILES string of the molecule is COc1ccc(CN(C)C(=O)C(C)Oc2ccc(Cl)c(Cl)c2)c(OC)c1. The zero-order chi connectivity index (χ0) is 19.3. The Morgan fingerprint density at radius 3 is 2.35 bits per heavy atom. The normalized spacial score (nSPS) is 11.6. The van der Waals surface area contributed by atoms with Crippen LogP contribution in [0.4, 0.5) is 0 Å². The number of benzene rings is 2. The number of carbonyl (C=O) groups is 1. The van der Waals surface area contributed by atoms with Gasteiger partial charge in [-0.2, -0.15) is 0 Å². The standard InChI is InChI=1S/C19H21Cl2NO4/c1-12(26-15-7-8-16(20)17(21)9-15)19(23)22(2)11-13-5-6-14(24-3)10-18(13)25-4/h5-10,12H,11H2,1-4H3. The first-order valence-electron chi connectivity index (χ1n) is 7.93. The van der Waals surface area contributed by atoms with Gasteiger partial charge in [-0.25, -0.2) is 0 Å². The Bertz CT molecular complexity index is 782. The molecule has 0 N–H and O–H groups in total. The molecule has 0 spiro atoms. The smallest absolute Gasteiger partial charge is 0.263 e. The Kier molecular flexibility index (Phi) is 7.00. The molecule has 0 aliphatic carbocycles. The van der Waals surface area contributed by atoms with E-state index >= 15 is 0 Å². The van der Waals surface area contributed by atoms with Gasteiger partial charge in [0, 0.05) is 31.3 Å². The number of rotatable bonds is 7. The molecule has 0 fully saturated rings. The van der Waals surface area contributed by atoms with E-state index in [0.29, 0.717) is 33.8 Å². The number of hydrogen-bond acceptors (Lipinski definition) is 4. The topological polar surface area (TPSA) is 48.0 Å². The lowest BCUT2D eigenvalue weighted by Gasteiger charge is -2.23. The summed E-state index contributed by atoms with van der Waals surface area (Å²) in [6.07, 6.45) is -0.679. The number of carbonyl (C=O) groups excluding carboxylic acids is 1. The zero-order valence-corrected chi connectivity index (χ0v) is 16.6. The van der Waals surface area contributed by atoms with E-state index in [1.165, 1.54) is 0 Å². The number of ether oxygens (including phenoxy) is 3. The quantitative estimate of drug-likeness (QED) is 0.692. The summed E-state index contributed by atoms with van der Waals surface area (Å²) in [4.78, 5) is 14.2. The summed E-state index contributed by atoms with van der Waals surface area (Å²) in [7, 11) is 4.88. The van der Waals surface area contributed by atoms with Crippen LogP contribution in [0, 0.1) is 0 Å². The van der Waals surface area contributed by atoms with Gasteiger partial charge in [0.25, 0.3) is 5.91 Å². The molecule has 5 nitrogen and oxygen atoms in total.